The van der Waals surface area contributed by atoms with E-state index in [0.29, 0.717) is 11.4 Å². The van der Waals surface area contributed by atoms with Crippen molar-refractivity contribution in [2.24, 2.45) is 0 Å². The minimum Gasteiger partial charge on any atom is -0.481 e. The lowest BCUT2D eigenvalue weighted by Crippen LogP contribution is -2.30. The van der Waals surface area contributed by atoms with E-state index >= 15 is 0 Å². The first-order valence-electron chi connectivity index (χ1n) is 9.56. The van der Waals surface area contributed by atoms with Gasteiger partial charge in [-0.05, 0) is 42.8 Å². The van der Waals surface area contributed by atoms with Gasteiger partial charge in [0.05, 0.1) is 11.3 Å². The number of pyridine rings is 1. The zero-order chi connectivity index (χ0) is 22.8. The van der Waals surface area contributed by atoms with Gasteiger partial charge in [-0.2, -0.15) is 4.98 Å². The van der Waals surface area contributed by atoms with Crippen LogP contribution in [0.25, 0.3) is 11.7 Å². The minimum atomic E-state index is -1.03. The van der Waals surface area contributed by atoms with Gasteiger partial charge in [-0.15, -0.1) is 0 Å². The van der Waals surface area contributed by atoms with Crippen molar-refractivity contribution in [2.45, 2.75) is 13.3 Å². The first-order valence-corrected chi connectivity index (χ1v) is 10.8. The summed E-state index contributed by atoms with van der Waals surface area (Å²) in [7, 11) is 0. The van der Waals surface area contributed by atoms with Crippen molar-refractivity contribution >= 4 is 51.9 Å². The summed E-state index contributed by atoms with van der Waals surface area (Å²) in [4.78, 5) is 42.8. The number of fused-ring (bicyclic) bond motifs is 1. The van der Waals surface area contributed by atoms with Crippen LogP contribution < -0.4 is 10.3 Å². The Morgan fingerprint density at radius 2 is 2.06 bits per heavy atom. The molecule has 10 heteroatoms. The number of aromatic nitrogens is 2. The molecule has 0 atom stereocenters. The third kappa shape index (κ3) is 4.41. The summed E-state index contributed by atoms with van der Waals surface area (Å²) >= 11 is 6.23. The van der Waals surface area contributed by atoms with E-state index in [1.807, 2.05) is 25.1 Å². The maximum Gasteiger partial charge on any atom is 0.305 e. The average Bonchev–Trinajstić information content (AvgIpc) is 3.02. The van der Waals surface area contributed by atoms with Crippen LogP contribution in [-0.2, 0) is 9.59 Å². The van der Waals surface area contributed by atoms with Crippen molar-refractivity contribution in [3.63, 3.8) is 0 Å². The van der Waals surface area contributed by atoms with Crippen LogP contribution in [0, 0.1) is 6.92 Å². The summed E-state index contributed by atoms with van der Waals surface area (Å²) in [6, 6.07) is 12.4. The quantitative estimate of drug-likeness (QED) is 0.434. The smallest absolute Gasteiger partial charge is 0.305 e. The van der Waals surface area contributed by atoms with Crippen LogP contribution in [0.15, 0.2) is 58.4 Å². The van der Waals surface area contributed by atoms with Gasteiger partial charge in [-0.3, -0.25) is 23.7 Å². The molecule has 162 valence electrons. The molecule has 0 unspecified atom stereocenters. The van der Waals surface area contributed by atoms with Crippen LogP contribution in [-0.4, -0.2) is 42.1 Å². The molecule has 4 rings (SSSR count). The first-order chi connectivity index (χ1) is 15.3. The molecule has 3 heterocycles. The molecule has 0 saturated carbocycles. The number of carbonyl (C=O) groups excluding carboxylic acids is 1. The number of carboxylic acid groups (broad SMARTS) is 1. The number of rotatable bonds is 6. The fourth-order valence-corrected chi connectivity index (χ4v) is 4.40. The van der Waals surface area contributed by atoms with E-state index in [9.17, 15) is 14.4 Å². The number of ether oxygens (including phenoxy) is 1. The Hall–Kier alpha value is -3.50. The molecule has 0 spiro atoms. The molecule has 3 aromatic rings. The molecule has 1 saturated heterocycles. The highest BCUT2D eigenvalue weighted by Gasteiger charge is 2.33. The first kappa shape index (κ1) is 21.7. The molecular formula is C22H17N3O5S2. The molecule has 8 nitrogen and oxygen atoms in total. The highest BCUT2D eigenvalue weighted by molar-refractivity contribution is 8.26. The third-order valence-electron chi connectivity index (χ3n) is 4.64. The maximum atomic E-state index is 13.2. The Morgan fingerprint density at radius 1 is 1.25 bits per heavy atom. The Morgan fingerprint density at radius 3 is 2.81 bits per heavy atom. The summed E-state index contributed by atoms with van der Waals surface area (Å²) in [6.45, 7) is 1.87. The van der Waals surface area contributed by atoms with Crippen LogP contribution in [0.3, 0.4) is 0 Å². The Balaban J connectivity index is 1.79. The van der Waals surface area contributed by atoms with Crippen molar-refractivity contribution in [3.8, 4) is 11.6 Å². The number of hydrogen-bond donors (Lipinski definition) is 1. The van der Waals surface area contributed by atoms with Gasteiger partial charge in [0.15, 0.2) is 0 Å². The monoisotopic (exact) mass is 467 g/mol. The highest BCUT2D eigenvalue weighted by Crippen LogP contribution is 2.34. The summed E-state index contributed by atoms with van der Waals surface area (Å²) in [6.07, 6.45) is 2.75. The molecule has 0 bridgehead atoms. The molecule has 0 radical (unpaired) electrons. The van der Waals surface area contributed by atoms with Crippen molar-refractivity contribution < 1.29 is 19.4 Å². The van der Waals surface area contributed by atoms with Crippen molar-refractivity contribution in [1.29, 1.82) is 0 Å². The van der Waals surface area contributed by atoms with Gasteiger partial charge in [0.25, 0.3) is 11.5 Å². The average molecular weight is 468 g/mol. The minimum absolute atomic E-state index is 0.0427. The highest BCUT2D eigenvalue weighted by atomic mass is 32.2. The Kier molecular flexibility index (Phi) is 6.06. The number of carboxylic acids is 1. The summed E-state index contributed by atoms with van der Waals surface area (Å²) in [5.74, 6) is -0.933. The fraction of sp³-hybridized carbons (Fsp3) is 0.136. The number of thiocarbonyl (C=S) groups is 1. The molecular weight excluding hydrogens is 450 g/mol. The molecule has 1 N–H and O–H groups in total. The van der Waals surface area contributed by atoms with E-state index in [2.05, 4.69) is 4.98 Å². The van der Waals surface area contributed by atoms with Crippen LogP contribution in [0.5, 0.6) is 11.6 Å². The molecule has 32 heavy (non-hydrogen) atoms. The lowest BCUT2D eigenvalue weighted by molar-refractivity contribution is -0.137. The number of thioether (sulfide) groups is 1. The second kappa shape index (κ2) is 8.93. The number of aryl methyl sites for hydroxylation is 1. The number of amides is 1. The molecule has 1 aliphatic heterocycles. The number of benzene rings is 1. The van der Waals surface area contributed by atoms with E-state index in [0.717, 1.165) is 17.3 Å². The van der Waals surface area contributed by atoms with Crippen LogP contribution in [0.1, 0.15) is 17.5 Å². The van der Waals surface area contributed by atoms with Gasteiger partial charge >= 0.3 is 5.97 Å². The normalized spacial score (nSPS) is 15.0. The van der Waals surface area contributed by atoms with Crippen molar-refractivity contribution in [3.05, 3.63) is 75.0 Å². The van der Waals surface area contributed by atoms with Gasteiger partial charge in [0, 0.05) is 12.7 Å². The van der Waals surface area contributed by atoms with Gasteiger partial charge in [0.2, 0.25) is 5.88 Å². The molecule has 2 aromatic heterocycles. The predicted molar refractivity (Wildman–Crippen MR) is 125 cm³/mol. The zero-order valence-corrected chi connectivity index (χ0v) is 18.5. The van der Waals surface area contributed by atoms with E-state index in [1.54, 1.807) is 30.5 Å². The summed E-state index contributed by atoms with van der Waals surface area (Å²) in [5, 5.41) is 8.91. The number of nitrogens with zero attached hydrogens (tertiary/aromatic N) is 3. The number of carbonyl (C=O) groups is 2. The van der Waals surface area contributed by atoms with Crippen LogP contribution in [0.2, 0.25) is 0 Å². The van der Waals surface area contributed by atoms with E-state index in [4.69, 9.17) is 22.1 Å². The SMILES string of the molecule is Cc1cccc(Oc2nc3ccccn3c(=O)c2C=C2SC(=S)N(CCC(=O)O)C2=O)c1. The molecule has 1 aromatic carbocycles. The molecule has 1 aliphatic rings. The largest absolute Gasteiger partial charge is 0.481 e. The number of hydrogen-bond acceptors (Lipinski definition) is 7. The van der Waals surface area contributed by atoms with Gasteiger partial charge in [-0.1, -0.05) is 42.2 Å². The summed E-state index contributed by atoms with van der Waals surface area (Å²) < 4.78 is 7.54. The zero-order valence-electron chi connectivity index (χ0n) is 16.8. The Labute approximate surface area is 192 Å². The standard InChI is InChI=1S/C22H17N3O5S2/c1-13-5-4-6-14(11-13)30-19-15(20(28)24-9-3-2-7-17(24)23-19)12-16-21(29)25(22(31)32-16)10-8-18(26)27/h2-7,9,11-12H,8,10H2,1H3,(H,26,27). The predicted octanol–water partition coefficient (Wildman–Crippen LogP) is 3.47. The lowest BCUT2D eigenvalue weighted by atomic mass is 10.2. The maximum absolute atomic E-state index is 13.2. The van der Waals surface area contributed by atoms with E-state index in [1.165, 1.54) is 15.4 Å². The van der Waals surface area contributed by atoms with Crippen LogP contribution >= 0.6 is 24.0 Å². The molecule has 0 aliphatic carbocycles. The van der Waals surface area contributed by atoms with Gasteiger partial charge < -0.3 is 9.84 Å². The topological polar surface area (TPSA) is 101 Å². The number of aliphatic carboxylic acids is 1. The second-order valence-corrected chi connectivity index (χ2v) is 8.64. The van der Waals surface area contributed by atoms with Gasteiger partial charge in [0.1, 0.15) is 21.3 Å². The third-order valence-corrected chi connectivity index (χ3v) is 6.01. The summed E-state index contributed by atoms with van der Waals surface area (Å²) in [5.41, 5.74) is 1.05. The lowest BCUT2D eigenvalue weighted by Gasteiger charge is -2.12. The van der Waals surface area contributed by atoms with E-state index < -0.39 is 17.4 Å². The van der Waals surface area contributed by atoms with E-state index in [-0.39, 0.29) is 33.6 Å². The molecule has 1 fully saturated rings. The molecule has 1 amide bonds. The Bertz CT molecular complexity index is 1350. The fourth-order valence-electron chi connectivity index (χ4n) is 3.11. The van der Waals surface area contributed by atoms with Crippen molar-refractivity contribution in [1.82, 2.24) is 14.3 Å². The second-order valence-electron chi connectivity index (χ2n) is 6.96. The van der Waals surface area contributed by atoms with Crippen molar-refractivity contribution in [2.75, 3.05) is 6.54 Å². The van der Waals surface area contributed by atoms with Crippen LogP contribution in [0.4, 0.5) is 0 Å². The van der Waals surface area contributed by atoms with Gasteiger partial charge in [-0.25, -0.2) is 0 Å².